The maximum absolute atomic E-state index is 12.5. The van der Waals surface area contributed by atoms with Crippen LogP contribution in [0.25, 0.3) is 0 Å². The zero-order chi connectivity index (χ0) is 13.4. The van der Waals surface area contributed by atoms with Gasteiger partial charge in [-0.25, -0.2) is 4.68 Å². The fourth-order valence-electron chi connectivity index (χ4n) is 2.54. The molecule has 2 heterocycles. The molecular formula is C13H19ClN4O. The van der Waals surface area contributed by atoms with Gasteiger partial charge in [0.05, 0.1) is 11.2 Å². The van der Waals surface area contributed by atoms with Crippen LogP contribution in [0.1, 0.15) is 25.7 Å². The molecule has 0 bridgehead atoms. The Bertz CT molecular complexity index is 518. The zero-order valence-electron chi connectivity index (χ0n) is 10.9. The lowest BCUT2D eigenvalue weighted by Gasteiger charge is -2.32. The second-order valence-electron chi connectivity index (χ2n) is 5.60. The molecule has 3 rings (SSSR count). The molecule has 104 valence electrons. The molecule has 1 aliphatic carbocycles. The van der Waals surface area contributed by atoms with Crippen LogP contribution < -0.4 is 16.2 Å². The average Bonchev–Trinajstić information content (AvgIpc) is 3.19. The molecule has 0 radical (unpaired) electrons. The van der Waals surface area contributed by atoms with E-state index in [0.29, 0.717) is 16.6 Å². The van der Waals surface area contributed by atoms with E-state index < -0.39 is 0 Å². The molecule has 0 unspecified atom stereocenters. The van der Waals surface area contributed by atoms with Gasteiger partial charge < -0.3 is 10.6 Å². The van der Waals surface area contributed by atoms with E-state index in [4.69, 9.17) is 17.3 Å². The van der Waals surface area contributed by atoms with Crippen LogP contribution >= 0.6 is 11.6 Å². The van der Waals surface area contributed by atoms with Gasteiger partial charge in [-0.1, -0.05) is 11.6 Å². The first-order valence-electron chi connectivity index (χ1n) is 6.91. The van der Waals surface area contributed by atoms with Gasteiger partial charge in [0, 0.05) is 25.7 Å². The normalized spacial score (nSPS) is 20.8. The standard InChI is InChI=1S/C13H19ClN4O/c14-11-7-16-18(8-9-1-2-9)13(19)12(11)17-5-3-10(15)4-6-17/h7,9-10H,1-6,8,15H2. The van der Waals surface area contributed by atoms with Crippen LogP contribution in [-0.4, -0.2) is 28.9 Å². The van der Waals surface area contributed by atoms with Crippen molar-refractivity contribution >= 4 is 17.3 Å². The zero-order valence-corrected chi connectivity index (χ0v) is 11.6. The average molecular weight is 283 g/mol. The summed E-state index contributed by atoms with van der Waals surface area (Å²) < 4.78 is 1.56. The Morgan fingerprint density at radius 3 is 2.63 bits per heavy atom. The van der Waals surface area contributed by atoms with Crippen LogP contribution in [-0.2, 0) is 6.54 Å². The van der Waals surface area contributed by atoms with E-state index in [1.165, 1.54) is 12.8 Å². The Labute approximate surface area is 117 Å². The van der Waals surface area contributed by atoms with E-state index in [1.54, 1.807) is 10.9 Å². The first-order chi connectivity index (χ1) is 9.15. The minimum atomic E-state index is -0.0603. The topological polar surface area (TPSA) is 64.2 Å². The minimum Gasteiger partial charge on any atom is -0.366 e. The summed E-state index contributed by atoms with van der Waals surface area (Å²) in [5, 5.41) is 4.60. The molecule has 2 aliphatic rings. The van der Waals surface area contributed by atoms with Crippen molar-refractivity contribution in [3.63, 3.8) is 0 Å². The third-order valence-electron chi connectivity index (χ3n) is 3.96. The van der Waals surface area contributed by atoms with Gasteiger partial charge in [-0.3, -0.25) is 4.79 Å². The highest BCUT2D eigenvalue weighted by Crippen LogP contribution is 2.30. The summed E-state index contributed by atoms with van der Waals surface area (Å²) in [5.41, 5.74) is 6.44. The molecule has 0 aromatic carbocycles. The first kappa shape index (κ1) is 12.9. The smallest absolute Gasteiger partial charge is 0.291 e. The van der Waals surface area contributed by atoms with E-state index in [1.807, 2.05) is 0 Å². The summed E-state index contributed by atoms with van der Waals surface area (Å²) in [4.78, 5) is 14.5. The van der Waals surface area contributed by atoms with E-state index in [2.05, 4.69) is 10.00 Å². The molecule has 5 nitrogen and oxygen atoms in total. The molecule has 6 heteroatoms. The van der Waals surface area contributed by atoms with Gasteiger partial charge in [0.25, 0.3) is 5.56 Å². The lowest BCUT2D eigenvalue weighted by molar-refractivity contribution is 0.492. The lowest BCUT2D eigenvalue weighted by Crippen LogP contribution is -2.43. The number of rotatable bonds is 3. The molecule has 2 fully saturated rings. The van der Waals surface area contributed by atoms with Crippen LogP contribution in [0.3, 0.4) is 0 Å². The van der Waals surface area contributed by atoms with Crippen LogP contribution in [0.4, 0.5) is 5.69 Å². The summed E-state index contributed by atoms with van der Waals surface area (Å²) in [7, 11) is 0. The highest BCUT2D eigenvalue weighted by atomic mass is 35.5. The van der Waals surface area contributed by atoms with Gasteiger partial charge in [-0.15, -0.1) is 0 Å². The largest absolute Gasteiger partial charge is 0.366 e. The third kappa shape index (κ3) is 2.77. The van der Waals surface area contributed by atoms with Crippen molar-refractivity contribution in [3.8, 4) is 0 Å². The minimum absolute atomic E-state index is 0.0603. The number of halogens is 1. The molecule has 1 saturated heterocycles. The fourth-order valence-corrected chi connectivity index (χ4v) is 2.79. The molecule has 1 saturated carbocycles. The summed E-state index contributed by atoms with van der Waals surface area (Å²) in [6.45, 7) is 2.31. The number of hydrogen-bond donors (Lipinski definition) is 1. The van der Waals surface area contributed by atoms with Gasteiger partial charge in [0.15, 0.2) is 0 Å². The van der Waals surface area contributed by atoms with Gasteiger partial charge >= 0.3 is 0 Å². The van der Waals surface area contributed by atoms with Crippen molar-refractivity contribution in [2.75, 3.05) is 18.0 Å². The van der Waals surface area contributed by atoms with Crippen molar-refractivity contribution < 1.29 is 0 Å². The molecule has 1 aromatic rings. The van der Waals surface area contributed by atoms with Gasteiger partial charge in [-0.2, -0.15) is 5.10 Å². The maximum atomic E-state index is 12.5. The van der Waals surface area contributed by atoms with Crippen LogP contribution in [0.2, 0.25) is 5.02 Å². The van der Waals surface area contributed by atoms with Gasteiger partial charge in [0.2, 0.25) is 0 Å². The van der Waals surface area contributed by atoms with E-state index in [0.717, 1.165) is 32.5 Å². The number of nitrogens with zero attached hydrogens (tertiary/aromatic N) is 3. The highest BCUT2D eigenvalue weighted by Gasteiger charge is 2.26. The number of hydrogen-bond acceptors (Lipinski definition) is 4. The monoisotopic (exact) mass is 282 g/mol. The second-order valence-corrected chi connectivity index (χ2v) is 6.00. The van der Waals surface area contributed by atoms with Crippen LogP contribution in [0, 0.1) is 5.92 Å². The van der Waals surface area contributed by atoms with E-state index in [9.17, 15) is 4.79 Å². The third-order valence-corrected chi connectivity index (χ3v) is 4.23. The second kappa shape index (κ2) is 5.13. The Balaban J connectivity index is 1.88. The van der Waals surface area contributed by atoms with Crippen molar-refractivity contribution in [1.82, 2.24) is 9.78 Å². The molecule has 1 aromatic heterocycles. The molecular weight excluding hydrogens is 264 g/mol. The lowest BCUT2D eigenvalue weighted by atomic mass is 10.1. The fraction of sp³-hybridized carbons (Fsp3) is 0.692. The molecule has 0 amide bonds. The molecule has 19 heavy (non-hydrogen) atoms. The Morgan fingerprint density at radius 1 is 1.32 bits per heavy atom. The Kier molecular flexibility index (Phi) is 3.50. The van der Waals surface area contributed by atoms with Gasteiger partial charge in [-0.05, 0) is 31.6 Å². The predicted molar refractivity (Wildman–Crippen MR) is 75.7 cm³/mol. The summed E-state index contributed by atoms with van der Waals surface area (Å²) in [5.74, 6) is 0.619. The van der Waals surface area contributed by atoms with Crippen molar-refractivity contribution in [3.05, 3.63) is 21.6 Å². The summed E-state index contributed by atoms with van der Waals surface area (Å²) >= 11 is 6.17. The first-order valence-corrected chi connectivity index (χ1v) is 7.29. The highest BCUT2D eigenvalue weighted by molar-refractivity contribution is 6.33. The Morgan fingerprint density at radius 2 is 2.00 bits per heavy atom. The SMILES string of the molecule is NC1CCN(c2c(Cl)cnn(CC3CC3)c2=O)CC1. The van der Waals surface area contributed by atoms with E-state index >= 15 is 0 Å². The van der Waals surface area contributed by atoms with Gasteiger partial charge in [0.1, 0.15) is 5.69 Å². The molecule has 0 atom stereocenters. The van der Waals surface area contributed by atoms with E-state index in [-0.39, 0.29) is 11.6 Å². The predicted octanol–water partition coefficient (Wildman–Crippen LogP) is 1.23. The van der Waals surface area contributed by atoms with Crippen molar-refractivity contribution in [2.45, 2.75) is 38.3 Å². The number of aromatic nitrogens is 2. The molecule has 2 N–H and O–H groups in total. The molecule has 1 aliphatic heterocycles. The quantitative estimate of drug-likeness (QED) is 0.906. The van der Waals surface area contributed by atoms with Crippen LogP contribution in [0.5, 0.6) is 0 Å². The molecule has 0 spiro atoms. The van der Waals surface area contributed by atoms with Crippen molar-refractivity contribution in [1.29, 1.82) is 0 Å². The number of nitrogens with two attached hydrogens (primary N) is 1. The van der Waals surface area contributed by atoms with Crippen LogP contribution in [0.15, 0.2) is 11.0 Å². The summed E-state index contributed by atoms with van der Waals surface area (Å²) in [6.07, 6.45) is 5.80. The number of anilines is 1. The van der Waals surface area contributed by atoms with Crippen molar-refractivity contribution in [2.24, 2.45) is 11.7 Å². The maximum Gasteiger partial charge on any atom is 0.291 e. The Hall–Kier alpha value is -1.07. The number of piperidine rings is 1. The summed E-state index contributed by atoms with van der Waals surface area (Å²) in [6, 6.07) is 0.241.